The maximum atomic E-state index is 12.2. The van der Waals surface area contributed by atoms with Gasteiger partial charge in [0.15, 0.2) is 0 Å². The van der Waals surface area contributed by atoms with Crippen LogP contribution in [0.15, 0.2) is 42.0 Å². The quantitative estimate of drug-likeness (QED) is 0.570. The molecule has 1 aromatic carbocycles. The zero-order valence-electron chi connectivity index (χ0n) is 18.8. The summed E-state index contributed by atoms with van der Waals surface area (Å²) in [5, 5.41) is 10.0. The van der Waals surface area contributed by atoms with Gasteiger partial charge in [-0.15, -0.1) is 11.3 Å². The Labute approximate surface area is 195 Å². The first-order valence-electron chi connectivity index (χ1n) is 11.9. The lowest BCUT2D eigenvalue weighted by molar-refractivity contribution is 0.0702. The van der Waals surface area contributed by atoms with E-state index in [0.717, 1.165) is 42.8 Å². The van der Waals surface area contributed by atoms with Crippen molar-refractivity contribution in [2.75, 3.05) is 20.1 Å². The van der Waals surface area contributed by atoms with E-state index in [-0.39, 0.29) is 5.41 Å². The highest BCUT2D eigenvalue weighted by atomic mass is 32.1. The van der Waals surface area contributed by atoms with Crippen LogP contribution in [-0.2, 0) is 5.41 Å². The van der Waals surface area contributed by atoms with Crippen molar-refractivity contribution in [3.8, 4) is 11.8 Å². The predicted molar refractivity (Wildman–Crippen MR) is 131 cm³/mol. The van der Waals surface area contributed by atoms with Crippen LogP contribution in [0.5, 0.6) is 0 Å². The average molecular weight is 446 g/mol. The van der Waals surface area contributed by atoms with Gasteiger partial charge in [-0.3, -0.25) is 0 Å². The van der Waals surface area contributed by atoms with Gasteiger partial charge in [0.2, 0.25) is 0 Å². The second kappa shape index (κ2) is 8.89. The minimum absolute atomic E-state index is 0.0467. The summed E-state index contributed by atoms with van der Waals surface area (Å²) in [6.07, 6.45) is 9.49. The number of aromatic carboxylic acids is 1. The summed E-state index contributed by atoms with van der Waals surface area (Å²) >= 11 is 1.35. The van der Waals surface area contributed by atoms with Gasteiger partial charge in [-0.2, -0.15) is 0 Å². The van der Waals surface area contributed by atoms with Gasteiger partial charge >= 0.3 is 5.97 Å². The maximum Gasteiger partial charge on any atom is 0.346 e. The monoisotopic (exact) mass is 445 g/mol. The molecule has 4 heteroatoms. The second-order valence-electron chi connectivity index (χ2n) is 9.68. The lowest BCUT2D eigenvalue weighted by Crippen LogP contribution is -2.31. The van der Waals surface area contributed by atoms with E-state index in [1.165, 1.54) is 60.2 Å². The van der Waals surface area contributed by atoms with Gasteiger partial charge in [0.05, 0.1) is 10.3 Å². The van der Waals surface area contributed by atoms with Crippen LogP contribution in [0.1, 0.15) is 77.0 Å². The SMILES string of the molecule is CN1CCC(c2cc(C#CC3(c4ccccc4)CC3)sc2C(=O)O)=C(C2CCCCC2)C1. The molecule has 0 amide bonds. The summed E-state index contributed by atoms with van der Waals surface area (Å²) in [7, 11) is 2.18. The fourth-order valence-electron chi connectivity index (χ4n) is 5.45. The topological polar surface area (TPSA) is 40.5 Å². The molecule has 0 spiro atoms. The van der Waals surface area contributed by atoms with Crippen molar-refractivity contribution in [2.24, 2.45) is 5.92 Å². The van der Waals surface area contributed by atoms with E-state index in [1.54, 1.807) is 0 Å². The van der Waals surface area contributed by atoms with Crippen molar-refractivity contribution < 1.29 is 9.90 Å². The molecule has 1 aromatic heterocycles. The summed E-state index contributed by atoms with van der Waals surface area (Å²) in [4.78, 5) is 15.9. The molecule has 0 unspecified atom stereocenters. The smallest absolute Gasteiger partial charge is 0.346 e. The molecule has 166 valence electrons. The highest BCUT2D eigenvalue weighted by molar-refractivity contribution is 7.14. The lowest BCUT2D eigenvalue weighted by Gasteiger charge is -2.34. The predicted octanol–water partition coefficient (Wildman–Crippen LogP) is 6.20. The third-order valence-electron chi connectivity index (χ3n) is 7.42. The molecule has 2 aromatic rings. The van der Waals surface area contributed by atoms with E-state index in [0.29, 0.717) is 10.8 Å². The number of nitrogens with zero attached hydrogens (tertiary/aromatic N) is 1. The van der Waals surface area contributed by atoms with E-state index in [1.807, 2.05) is 6.07 Å². The number of likely N-dealkylation sites (N-methyl/N-ethyl adjacent to an activating group) is 1. The van der Waals surface area contributed by atoms with Crippen LogP contribution in [0.3, 0.4) is 0 Å². The number of benzene rings is 1. The van der Waals surface area contributed by atoms with Crippen LogP contribution in [0.25, 0.3) is 5.57 Å². The minimum atomic E-state index is -0.823. The average Bonchev–Trinajstić information content (AvgIpc) is 3.50. The third kappa shape index (κ3) is 4.29. The van der Waals surface area contributed by atoms with E-state index in [2.05, 4.69) is 54.1 Å². The van der Waals surface area contributed by atoms with Crippen molar-refractivity contribution in [2.45, 2.75) is 56.8 Å². The molecule has 0 saturated heterocycles. The number of rotatable bonds is 4. The summed E-state index contributed by atoms with van der Waals surface area (Å²) < 4.78 is 0. The van der Waals surface area contributed by atoms with Crippen LogP contribution in [-0.4, -0.2) is 36.1 Å². The zero-order valence-corrected chi connectivity index (χ0v) is 19.6. The maximum absolute atomic E-state index is 12.2. The van der Waals surface area contributed by atoms with E-state index in [4.69, 9.17) is 0 Å². The second-order valence-corrected chi connectivity index (χ2v) is 10.7. The van der Waals surface area contributed by atoms with Gasteiger partial charge < -0.3 is 10.0 Å². The molecule has 1 aliphatic heterocycles. The molecule has 2 fully saturated rings. The number of carboxylic acids is 1. The minimum Gasteiger partial charge on any atom is -0.477 e. The van der Waals surface area contributed by atoms with Gasteiger partial charge in [-0.1, -0.05) is 61.4 Å². The number of thiophene rings is 1. The molecule has 0 atom stereocenters. The van der Waals surface area contributed by atoms with Crippen LogP contribution in [0.2, 0.25) is 0 Å². The first kappa shape index (κ1) is 21.5. The Hall–Kier alpha value is -2.35. The normalized spacial score (nSPS) is 21.2. The number of hydrogen-bond acceptors (Lipinski definition) is 3. The fraction of sp³-hybridized carbons (Fsp3) is 0.464. The summed E-state index contributed by atoms with van der Waals surface area (Å²) in [5.41, 5.74) is 4.95. The molecule has 2 aliphatic carbocycles. The molecule has 32 heavy (non-hydrogen) atoms. The van der Waals surface area contributed by atoms with Gasteiger partial charge in [0.25, 0.3) is 0 Å². The molecule has 0 bridgehead atoms. The van der Waals surface area contributed by atoms with Crippen molar-refractivity contribution in [3.05, 3.63) is 62.9 Å². The molecule has 3 aliphatic rings. The van der Waals surface area contributed by atoms with Crippen LogP contribution in [0.4, 0.5) is 0 Å². The van der Waals surface area contributed by atoms with Gasteiger partial charge in [-0.05, 0) is 67.8 Å². The van der Waals surface area contributed by atoms with Crippen LogP contribution >= 0.6 is 11.3 Å². The first-order valence-corrected chi connectivity index (χ1v) is 12.7. The Morgan fingerprint density at radius 1 is 1.16 bits per heavy atom. The first-order chi connectivity index (χ1) is 15.6. The Bertz CT molecular complexity index is 1090. The van der Waals surface area contributed by atoms with Crippen molar-refractivity contribution >= 4 is 22.9 Å². The van der Waals surface area contributed by atoms with Crippen molar-refractivity contribution in [1.82, 2.24) is 4.90 Å². The summed E-state index contributed by atoms with van der Waals surface area (Å²) in [5.74, 6) is 6.67. The van der Waals surface area contributed by atoms with Crippen molar-refractivity contribution in [1.29, 1.82) is 0 Å². The van der Waals surface area contributed by atoms with Gasteiger partial charge in [0.1, 0.15) is 4.88 Å². The largest absolute Gasteiger partial charge is 0.477 e. The fourth-order valence-corrected chi connectivity index (χ4v) is 6.33. The molecule has 3 nitrogen and oxygen atoms in total. The molecule has 2 heterocycles. The van der Waals surface area contributed by atoms with Crippen LogP contribution < -0.4 is 0 Å². The van der Waals surface area contributed by atoms with E-state index >= 15 is 0 Å². The van der Waals surface area contributed by atoms with Crippen LogP contribution in [0, 0.1) is 17.8 Å². The third-order valence-corrected chi connectivity index (χ3v) is 8.46. The van der Waals surface area contributed by atoms with Gasteiger partial charge in [0, 0.05) is 18.7 Å². The molecular weight excluding hydrogens is 414 g/mol. The molecular formula is C28H31NO2S. The highest BCUT2D eigenvalue weighted by Gasteiger charge is 2.42. The lowest BCUT2D eigenvalue weighted by atomic mass is 9.78. The Kier molecular flexibility index (Phi) is 5.97. The standard InChI is InChI=1S/C28H31NO2S/c1-29-17-13-23(25(19-29)20-8-4-2-5-9-20)24-18-22(32-26(24)27(30)31)12-14-28(15-16-28)21-10-6-3-7-11-21/h3,6-7,10-11,18,20H,2,4-5,8-9,13,15-17,19H2,1H3,(H,30,31). The number of carboxylic acid groups (broad SMARTS) is 1. The Morgan fingerprint density at radius 3 is 2.59 bits per heavy atom. The molecule has 0 radical (unpaired) electrons. The zero-order chi connectivity index (χ0) is 22.1. The van der Waals surface area contributed by atoms with Crippen molar-refractivity contribution in [3.63, 3.8) is 0 Å². The Balaban J connectivity index is 1.52. The number of hydrogen-bond donors (Lipinski definition) is 1. The molecule has 2 saturated carbocycles. The number of carbonyl (C=O) groups is 1. The molecule has 5 rings (SSSR count). The highest BCUT2D eigenvalue weighted by Crippen LogP contribution is 2.48. The summed E-state index contributed by atoms with van der Waals surface area (Å²) in [6, 6.07) is 12.6. The van der Waals surface area contributed by atoms with E-state index in [9.17, 15) is 9.90 Å². The summed E-state index contributed by atoms with van der Waals surface area (Å²) in [6.45, 7) is 1.95. The van der Waals surface area contributed by atoms with E-state index < -0.39 is 5.97 Å². The Morgan fingerprint density at radius 2 is 1.91 bits per heavy atom. The van der Waals surface area contributed by atoms with Gasteiger partial charge in [-0.25, -0.2) is 4.79 Å². The molecule has 1 N–H and O–H groups in total.